The number of sulfone groups is 1. The lowest BCUT2D eigenvalue weighted by molar-refractivity contribution is 0.139. The minimum absolute atomic E-state index is 0.0288. The van der Waals surface area contributed by atoms with E-state index in [2.05, 4.69) is 4.84 Å². The van der Waals surface area contributed by atoms with Gasteiger partial charge in [0, 0.05) is 0 Å². The van der Waals surface area contributed by atoms with Crippen molar-refractivity contribution in [2.24, 2.45) is 5.90 Å². The summed E-state index contributed by atoms with van der Waals surface area (Å²) >= 11 is 6.70. The van der Waals surface area contributed by atoms with Gasteiger partial charge in [0.15, 0.2) is 9.84 Å². The second-order valence-corrected chi connectivity index (χ2v) is 6.65. The minimum Gasteiger partial charge on any atom is -0.305 e. The highest BCUT2D eigenvalue weighted by molar-refractivity contribution is 7.93. The number of nitrogens with two attached hydrogens (primary N) is 1. The van der Waals surface area contributed by atoms with Gasteiger partial charge in [-0.15, -0.1) is 11.3 Å². The highest BCUT2D eigenvalue weighted by Crippen LogP contribution is 2.26. The molecule has 0 aliphatic carbocycles. The number of halogens is 1. The molecule has 0 bridgehead atoms. The third-order valence-corrected chi connectivity index (χ3v) is 5.14. The Labute approximate surface area is 91.5 Å². The van der Waals surface area contributed by atoms with Crippen LogP contribution in [-0.4, -0.2) is 20.8 Å². The fraction of sp³-hybridized carbons (Fsp3) is 0.429. The van der Waals surface area contributed by atoms with Crippen LogP contribution in [-0.2, 0) is 14.7 Å². The highest BCUT2D eigenvalue weighted by Gasteiger charge is 2.16. The van der Waals surface area contributed by atoms with Crippen LogP contribution in [0.5, 0.6) is 0 Å². The van der Waals surface area contributed by atoms with Gasteiger partial charge in [-0.25, -0.2) is 14.3 Å². The maximum atomic E-state index is 11.6. The summed E-state index contributed by atoms with van der Waals surface area (Å²) in [6, 6.07) is 3.07. The number of hydrogen-bond acceptors (Lipinski definition) is 5. The fourth-order valence-corrected chi connectivity index (χ4v) is 3.81. The van der Waals surface area contributed by atoms with Crippen LogP contribution in [0.25, 0.3) is 0 Å². The lowest BCUT2D eigenvalue weighted by atomic mass is 10.5. The van der Waals surface area contributed by atoms with E-state index < -0.39 is 9.84 Å². The van der Waals surface area contributed by atoms with Crippen LogP contribution in [0.15, 0.2) is 16.3 Å². The summed E-state index contributed by atoms with van der Waals surface area (Å²) in [4.78, 5) is 4.29. The van der Waals surface area contributed by atoms with Crippen molar-refractivity contribution in [3.63, 3.8) is 0 Å². The standard InChI is InChI=1S/C7H10ClNO3S2/c8-6-2-3-7(13-6)14(10,11)5-1-4-12-9/h2-3H,1,4-5,9H2. The number of rotatable bonds is 5. The monoisotopic (exact) mass is 255 g/mol. The molecule has 0 aliphatic heterocycles. The molecule has 2 N–H and O–H groups in total. The molecule has 0 amide bonds. The van der Waals surface area contributed by atoms with Crippen molar-refractivity contribution >= 4 is 32.8 Å². The van der Waals surface area contributed by atoms with E-state index >= 15 is 0 Å². The van der Waals surface area contributed by atoms with E-state index in [1.54, 1.807) is 6.07 Å². The van der Waals surface area contributed by atoms with Gasteiger partial charge in [-0.2, -0.15) is 0 Å². The predicted octanol–water partition coefficient (Wildman–Crippen LogP) is 1.46. The minimum atomic E-state index is -3.21. The maximum Gasteiger partial charge on any atom is 0.187 e. The third kappa shape index (κ3) is 3.21. The zero-order chi connectivity index (χ0) is 10.6. The van der Waals surface area contributed by atoms with Crippen molar-refractivity contribution in [3.05, 3.63) is 16.5 Å². The number of thiophene rings is 1. The Morgan fingerprint density at radius 3 is 2.71 bits per heavy atom. The van der Waals surface area contributed by atoms with Crippen molar-refractivity contribution in [2.75, 3.05) is 12.4 Å². The summed E-state index contributed by atoms with van der Waals surface area (Å²) in [5.41, 5.74) is 0. The van der Waals surface area contributed by atoms with Gasteiger partial charge in [0.2, 0.25) is 0 Å². The van der Waals surface area contributed by atoms with Crippen molar-refractivity contribution in [3.8, 4) is 0 Å². The smallest absolute Gasteiger partial charge is 0.187 e. The zero-order valence-electron chi connectivity index (χ0n) is 7.27. The van der Waals surface area contributed by atoms with Gasteiger partial charge in [-0.3, -0.25) is 0 Å². The van der Waals surface area contributed by atoms with Crippen molar-refractivity contribution in [1.82, 2.24) is 0 Å². The molecule has 0 fully saturated rings. The van der Waals surface area contributed by atoms with Crippen LogP contribution in [0.3, 0.4) is 0 Å². The van der Waals surface area contributed by atoms with E-state index in [0.717, 1.165) is 11.3 Å². The van der Waals surface area contributed by atoms with Crippen molar-refractivity contribution in [2.45, 2.75) is 10.6 Å². The fourth-order valence-electron chi connectivity index (χ4n) is 0.898. The molecule has 1 aromatic rings. The largest absolute Gasteiger partial charge is 0.305 e. The van der Waals surface area contributed by atoms with Gasteiger partial charge in [-0.05, 0) is 18.6 Å². The van der Waals surface area contributed by atoms with Crippen LogP contribution in [0.4, 0.5) is 0 Å². The molecular weight excluding hydrogens is 246 g/mol. The Bertz CT molecular complexity index is 387. The second kappa shape index (κ2) is 5.09. The summed E-state index contributed by atoms with van der Waals surface area (Å²) < 4.78 is 23.9. The average molecular weight is 256 g/mol. The molecule has 0 spiro atoms. The molecule has 1 heterocycles. The van der Waals surface area contributed by atoms with E-state index in [9.17, 15) is 8.42 Å². The molecule has 14 heavy (non-hydrogen) atoms. The summed E-state index contributed by atoms with van der Waals surface area (Å²) in [5, 5.41) is 0. The summed E-state index contributed by atoms with van der Waals surface area (Å²) in [7, 11) is -3.21. The van der Waals surface area contributed by atoms with Gasteiger partial charge in [-0.1, -0.05) is 11.6 Å². The maximum absolute atomic E-state index is 11.6. The van der Waals surface area contributed by atoms with Crippen LogP contribution < -0.4 is 5.90 Å². The van der Waals surface area contributed by atoms with Gasteiger partial charge in [0.25, 0.3) is 0 Å². The molecule has 0 saturated carbocycles. The molecule has 0 aliphatic rings. The first kappa shape index (κ1) is 11.9. The Morgan fingerprint density at radius 1 is 1.50 bits per heavy atom. The van der Waals surface area contributed by atoms with Crippen LogP contribution in [0.1, 0.15) is 6.42 Å². The predicted molar refractivity (Wildman–Crippen MR) is 56.1 cm³/mol. The van der Waals surface area contributed by atoms with E-state index in [1.807, 2.05) is 0 Å². The van der Waals surface area contributed by atoms with Crippen LogP contribution in [0, 0.1) is 0 Å². The molecule has 1 rings (SSSR count). The van der Waals surface area contributed by atoms with E-state index in [0.29, 0.717) is 15.0 Å². The van der Waals surface area contributed by atoms with Gasteiger partial charge >= 0.3 is 0 Å². The number of hydrogen-bond donors (Lipinski definition) is 1. The first-order chi connectivity index (χ1) is 6.56. The summed E-state index contributed by atoms with van der Waals surface area (Å²) in [6.45, 7) is 0.234. The summed E-state index contributed by atoms with van der Waals surface area (Å²) in [5.74, 6) is 4.82. The first-order valence-electron chi connectivity index (χ1n) is 3.86. The molecule has 80 valence electrons. The molecule has 0 aromatic carbocycles. The Balaban J connectivity index is 2.66. The molecule has 1 aromatic heterocycles. The molecule has 0 saturated heterocycles. The van der Waals surface area contributed by atoms with Crippen molar-refractivity contribution < 1.29 is 13.3 Å². The lowest BCUT2D eigenvalue weighted by Crippen LogP contribution is -2.09. The Hall–Kier alpha value is -0.140. The topological polar surface area (TPSA) is 69.4 Å². The SMILES string of the molecule is NOCCCS(=O)(=O)c1ccc(Cl)s1. The molecule has 0 atom stereocenters. The zero-order valence-corrected chi connectivity index (χ0v) is 9.66. The van der Waals surface area contributed by atoms with E-state index in [1.165, 1.54) is 6.07 Å². The Morgan fingerprint density at radius 2 is 2.21 bits per heavy atom. The average Bonchev–Trinajstić information content (AvgIpc) is 2.53. The molecule has 0 unspecified atom stereocenters. The van der Waals surface area contributed by atoms with Crippen LogP contribution in [0.2, 0.25) is 4.34 Å². The molecule has 7 heteroatoms. The van der Waals surface area contributed by atoms with E-state index in [4.69, 9.17) is 17.5 Å². The summed E-state index contributed by atoms with van der Waals surface area (Å²) in [6.07, 6.45) is 0.383. The Kier molecular flexibility index (Phi) is 4.33. The third-order valence-electron chi connectivity index (χ3n) is 1.53. The second-order valence-electron chi connectivity index (χ2n) is 2.60. The van der Waals surface area contributed by atoms with Gasteiger partial charge < -0.3 is 4.84 Å². The van der Waals surface area contributed by atoms with Gasteiger partial charge in [0.05, 0.1) is 16.7 Å². The highest BCUT2D eigenvalue weighted by atomic mass is 35.5. The normalized spacial score (nSPS) is 11.9. The van der Waals surface area contributed by atoms with E-state index in [-0.39, 0.29) is 12.4 Å². The van der Waals surface area contributed by atoms with Gasteiger partial charge in [0.1, 0.15) is 4.21 Å². The quantitative estimate of drug-likeness (QED) is 0.639. The van der Waals surface area contributed by atoms with Crippen molar-refractivity contribution in [1.29, 1.82) is 0 Å². The lowest BCUT2D eigenvalue weighted by Gasteiger charge is -1.99. The first-order valence-corrected chi connectivity index (χ1v) is 6.71. The molecular formula is C7H10ClNO3S2. The molecule has 0 radical (unpaired) electrons. The van der Waals surface area contributed by atoms with Crippen LogP contribution >= 0.6 is 22.9 Å². The molecule has 4 nitrogen and oxygen atoms in total.